The van der Waals surface area contributed by atoms with Crippen molar-refractivity contribution in [1.82, 2.24) is 0 Å². The molecule has 1 aromatic rings. The van der Waals surface area contributed by atoms with E-state index in [4.69, 9.17) is 10.5 Å². The van der Waals surface area contributed by atoms with E-state index in [1.165, 1.54) is 31.9 Å². The van der Waals surface area contributed by atoms with Crippen molar-refractivity contribution in [3.63, 3.8) is 0 Å². The second kappa shape index (κ2) is 5.74. The molecule has 1 aliphatic rings. The summed E-state index contributed by atoms with van der Waals surface area (Å²) < 4.78 is 5.04. The molecule has 1 aromatic carbocycles. The van der Waals surface area contributed by atoms with Gasteiger partial charge in [-0.05, 0) is 24.8 Å². The Morgan fingerprint density at radius 3 is 2.42 bits per heavy atom. The second-order valence-corrected chi connectivity index (χ2v) is 5.64. The molecule has 0 amide bonds. The number of ether oxygens (including phenoxy) is 1. The van der Waals surface area contributed by atoms with Crippen molar-refractivity contribution < 1.29 is 9.53 Å². The lowest BCUT2D eigenvalue weighted by Gasteiger charge is -2.37. The Labute approximate surface area is 115 Å². The van der Waals surface area contributed by atoms with E-state index < -0.39 is 5.41 Å². The maximum atomic E-state index is 12.3. The highest BCUT2D eigenvalue weighted by molar-refractivity contribution is 5.83. The number of nitrogens with two attached hydrogens (primary N) is 1. The molecule has 1 atom stereocenters. The first-order chi connectivity index (χ1) is 9.12. The van der Waals surface area contributed by atoms with Crippen LogP contribution in [0.15, 0.2) is 24.3 Å². The fraction of sp³-hybridized carbons (Fsp3) is 0.562. The largest absolute Gasteiger partial charge is 0.468 e. The van der Waals surface area contributed by atoms with E-state index >= 15 is 0 Å². The molecule has 1 saturated carbocycles. The molecule has 0 radical (unpaired) electrons. The summed E-state index contributed by atoms with van der Waals surface area (Å²) in [6.45, 7) is 2.34. The molecule has 104 valence electrons. The van der Waals surface area contributed by atoms with Gasteiger partial charge in [0.25, 0.3) is 0 Å². The lowest BCUT2D eigenvalue weighted by Crippen LogP contribution is -2.46. The summed E-state index contributed by atoms with van der Waals surface area (Å²) in [7, 11) is 1.45. The average molecular weight is 261 g/mol. The monoisotopic (exact) mass is 261 g/mol. The van der Waals surface area contributed by atoms with E-state index in [0.29, 0.717) is 12.5 Å². The standard InChI is InChI=1S/C16H23NO2/c1-12-6-8-14(9-7-12)16(11-17,15(18)19-2)10-13-4-3-5-13/h6-9,13H,3-5,10-11,17H2,1-2H3. The molecule has 3 nitrogen and oxygen atoms in total. The van der Waals surface area contributed by atoms with Crippen molar-refractivity contribution in [2.75, 3.05) is 13.7 Å². The molecule has 0 heterocycles. The highest BCUT2D eigenvalue weighted by Gasteiger charge is 2.43. The highest BCUT2D eigenvalue weighted by atomic mass is 16.5. The van der Waals surface area contributed by atoms with Crippen molar-refractivity contribution >= 4 is 5.97 Å². The third-order valence-corrected chi connectivity index (χ3v) is 4.39. The van der Waals surface area contributed by atoms with Gasteiger partial charge in [0, 0.05) is 6.54 Å². The van der Waals surface area contributed by atoms with Gasteiger partial charge in [0.1, 0.15) is 5.41 Å². The Morgan fingerprint density at radius 2 is 2.00 bits per heavy atom. The third kappa shape index (κ3) is 2.66. The van der Waals surface area contributed by atoms with Crippen molar-refractivity contribution in [1.29, 1.82) is 0 Å². The Kier molecular flexibility index (Phi) is 4.25. The topological polar surface area (TPSA) is 52.3 Å². The maximum Gasteiger partial charge on any atom is 0.317 e. The molecule has 0 aliphatic heterocycles. The fourth-order valence-electron chi connectivity index (χ4n) is 2.86. The second-order valence-electron chi connectivity index (χ2n) is 5.64. The van der Waals surface area contributed by atoms with Gasteiger partial charge < -0.3 is 10.5 Å². The smallest absolute Gasteiger partial charge is 0.317 e. The molecule has 0 bridgehead atoms. The summed E-state index contributed by atoms with van der Waals surface area (Å²) in [5, 5.41) is 0. The zero-order valence-electron chi connectivity index (χ0n) is 11.8. The number of benzene rings is 1. The lowest BCUT2D eigenvalue weighted by molar-refractivity contribution is -0.148. The predicted molar refractivity (Wildman–Crippen MR) is 75.9 cm³/mol. The molecular formula is C16H23NO2. The molecule has 2 rings (SSSR count). The quantitative estimate of drug-likeness (QED) is 0.829. The summed E-state index contributed by atoms with van der Waals surface area (Å²) in [4.78, 5) is 12.3. The van der Waals surface area contributed by atoms with E-state index in [0.717, 1.165) is 12.0 Å². The molecule has 2 N–H and O–H groups in total. The number of carbonyl (C=O) groups is 1. The fourth-order valence-corrected chi connectivity index (χ4v) is 2.86. The highest BCUT2D eigenvalue weighted by Crippen LogP contribution is 2.40. The predicted octanol–water partition coefficient (Wildman–Crippen LogP) is 2.55. The van der Waals surface area contributed by atoms with Crippen LogP contribution in [-0.4, -0.2) is 19.6 Å². The molecule has 3 heteroatoms. The van der Waals surface area contributed by atoms with Gasteiger partial charge in [0.05, 0.1) is 7.11 Å². The van der Waals surface area contributed by atoms with Crippen LogP contribution in [0.4, 0.5) is 0 Å². The van der Waals surface area contributed by atoms with Gasteiger partial charge in [-0.25, -0.2) is 0 Å². The van der Waals surface area contributed by atoms with Crippen molar-refractivity contribution in [2.24, 2.45) is 11.7 Å². The summed E-state index contributed by atoms with van der Waals surface area (Å²) in [6.07, 6.45) is 4.47. The zero-order valence-corrected chi connectivity index (χ0v) is 11.8. The van der Waals surface area contributed by atoms with Crippen LogP contribution in [0, 0.1) is 12.8 Å². The first-order valence-electron chi connectivity index (χ1n) is 6.98. The normalized spacial score (nSPS) is 18.5. The first kappa shape index (κ1) is 14.1. The van der Waals surface area contributed by atoms with E-state index in [1.54, 1.807) is 0 Å². The number of carbonyl (C=O) groups excluding carboxylic acids is 1. The van der Waals surface area contributed by atoms with Crippen LogP contribution >= 0.6 is 0 Å². The van der Waals surface area contributed by atoms with Crippen LogP contribution in [0.25, 0.3) is 0 Å². The van der Waals surface area contributed by atoms with Gasteiger partial charge in [-0.1, -0.05) is 49.1 Å². The first-order valence-corrected chi connectivity index (χ1v) is 6.98. The van der Waals surface area contributed by atoms with Gasteiger partial charge >= 0.3 is 5.97 Å². The van der Waals surface area contributed by atoms with Gasteiger partial charge in [-0.15, -0.1) is 0 Å². The number of aryl methyl sites for hydroxylation is 1. The molecule has 0 aromatic heterocycles. The number of hydrogen-bond donors (Lipinski definition) is 1. The molecular weight excluding hydrogens is 238 g/mol. The van der Waals surface area contributed by atoms with Crippen molar-refractivity contribution in [2.45, 2.75) is 38.0 Å². The van der Waals surface area contributed by atoms with Crippen molar-refractivity contribution in [3.8, 4) is 0 Å². The third-order valence-electron chi connectivity index (χ3n) is 4.39. The Bertz CT molecular complexity index is 437. The van der Waals surface area contributed by atoms with E-state index in [-0.39, 0.29) is 5.97 Å². The van der Waals surface area contributed by atoms with Crippen LogP contribution in [0.5, 0.6) is 0 Å². The Balaban J connectivity index is 2.35. The molecule has 1 fully saturated rings. The summed E-state index contributed by atoms with van der Waals surface area (Å²) in [5.41, 5.74) is 7.48. The van der Waals surface area contributed by atoms with E-state index in [2.05, 4.69) is 0 Å². The van der Waals surface area contributed by atoms with E-state index in [1.807, 2.05) is 31.2 Å². The number of esters is 1. The van der Waals surface area contributed by atoms with Crippen LogP contribution in [0.3, 0.4) is 0 Å². The van der Waals surface area contributed by atoms with Crippen LogP contribution in [0.2, 0.25) is 0 Å². The molecule has 0 saturated heterocycles. The number of methoxy groups -OCH3 is 1. The minimum atomic E-state index is -0.673. The van der Waals surface area contributed by atoms with Gasteiger partial charge in [-0.2, -0.15) is 0 Å². The summed E-state index contributed by atoms with van der Waals surface area (Å²) >= 11 is 0. The number of hydrogen-bond acceptors (Lipinski definition) is 3. The van der Waals surface area contributed by atoms with Gasteiger partial charge in [0.15, 0.2) is 0 Å². The minimum absolute atomic E-state index is 0.203. The van der Waals surface area contributed by atoms with Crippen LogP contribution < -0.4 is 5.73 Å². The maximum absolute atomic E-state index is 12.3. The van der Waals surface area contributed by atoms with Crippen molar-refractivity contribution in [3.05, 3.63) is 35.4 Å². The number of rotatable bonds is 5. The zero-order chi connectivity index (χ0) is 13.9. The van der Waals surface area contributed by atoms with Gasteiger partial charge in [-0.3, -0.25) is 4.79 Å². The molecule has 0 spiro atoms. The van der Waals surface area contributed by atoms with Crippen LogP contribution in [0.1, 0.15) is 36.8 Å². The van der Waals surface area contributed by atoms with Gasteiger partial charge in [0.2, 0.25) is 0 Å². The average Bonchev–Trinajstić information content (AvgIpc) is 2.39. The molecule has 1 unspecified atom stereocenters. The summed E-state index contributed by atoms with van der Waals surface area (Å²) in [6, 6.07) is 8.09. The SMILES string of the molecule is COC(=O)C(CN)(CC1CCC1)c1ccc(C)cc1. The molecule has 1 aliphatic carbocycles. The minimum Gasteiger partial charge on any atom is -0.468 e. The Hall–Kier alpha value is -1.35. The lowest BCUT2D eigenvalue weighted by atomic mass is 9.68. The Morgan fingerprint density at radius 1 is 1.37 bits per heavy atom. The molecule has 19 heavy (non-hydrogen) atoms. The van der Waals surface area contributed by atoms with E-state index in [9.17, 15) is 4.79 Å². The van der Waals surface area contributed by atoms with Crippen LogP contribution in [-0.2, 0) is 14.9 Å². The summed E-state index contributed by atoms with van der Waals surface area (Å²) in [5.74, 6) is 0.398.